The average Bonchev–Trinajstić information content (AvgIpc) is 1.80. The van der Waals surface area contributed by atoms with Gasteiger partial charge in [-0.05, 0) is 0 Å². The molecule has 0 aliphatic rings. The summed E-state index contributed by atoms with van der Waals surface area (Å²) in [6.07, 6.45) is 0.940. The third-order valence-electron chi connectivity index (χ3n) is 0.864. The molecule has 1 aromatic rings. The SMILES string of the molecule is Nc1ncc(F)cc1O. The predicted molar refractivity (Wildman–Crippen MR) is 30.3 cm³/mol. The first-order valence-electron chi connectivity index (χ1n) is 2.30. The van der Waals surface area contributed by atoms with Crippen molar-refractivity contribution in [2.75, 3.05) is 5.73 Å². The zero-order chi connectivity index (χ0) is 6.85. The molecule has 0 saturated heterocycles. The van der Waals surface area contributed by atoms with Crippen LogP contribution in [0.15, 0.2) is 12.3 Å². The first kappa shape index (κ1) is 5.81. The molecule has 0 aliphatic carbocycles. The number of hydrogen-bond acceptors (Lipinski definition) is 3. The maximum absolute atomic E-state index is 12.1. The molecule has 0 radical (unpaired) electrons. The standard InChI is InChI=1S/C5H5FN2O/c6-3-1-4(9)5(7)8-2-3/h1-2,9H,(H2,7,8). The zero-order valence-electron chi connectivity index (χ0n) is 4.50. The Hall–Kier alpha value is -1.32. The monoisotopic (exact) mass is 128 g/mol. The molecule has 0 aliphatic heterocycles. The van der Waals surface area contributed by atoms with E-state index >= 15 is 0 Å². The van der Waals surface area contributed by atoms with Gasteiger partial charge in [0.2, 0.25) is 0 Å². The Labute approximate surface area is 51.0 Å². The van der Waals surface area contributed by atoms with E-state index in [0.29, 0.717) is 0 Å². The van der Waals surface area contributed by atoms with Crippen molar-refractivity contribution in [3.05, 3.63) is 18.1 Å². The van der Waals surface area contributed by atoms with Crippen LogP contribution in [-0.4, -0.2) is 10.1 Å². The highest BCUT2D eigenvalue weighted by Crippen LogP contribution is 2.15. The van der Waals surface area contributed by atoms with Crippen molar-refractivity contribution < 1.29 is 9.50 Å². The fraction of sp³-hybridized carbons (Fsp3) is 0. The number of rotatable bonds is 0. The minimum atomic E-state index is -0.596. The molecule has 4 heteroatoms. The van der Waals surface area contributed by atoms with Gasteiger partial charge in [0, 0.05) is 6.07 Å². The molecule has 0 fully saturated rings. The zero-order valence-corrected chi connectivity index (χ0v) is 4.50. The van der Waals surface area contributed by atoms with Crippen LogP contribution in [0.4, 0.5) is 10.2 Å². The van der Waals surface area contributed by atoms with Crippen molar-refractivity contribution in [3.8, 4) is 5.75 Å². The molecule has 3 N–H and O–H groups in total. The van der Waals surface area contributed by atoms with E-state index in [9.17, 15) is 4.39 Å². The maximum atomic E-state index is 12.1. The Bertz CT molecular complexity index is 226. The molecular weight excluding hydrogens is 123 g/mol. The fourth-order valence-corrected chi connectivity index (χ4v) is 0.439. The Morgan fingerprint density at radius 3 is 2.78 bits per heavy atom. The number of nitrogens with two attached hydrogens (primary N) is 1. The van der Waals surface area contributed by atoms with Gasteiger partial charge >= 0.3 is 0 Å². The third kappa shape index (κ3) is 1.07. The van der Waals surface area contributed by atoms with Gasteiger partial charge in [-0.15, -0.1) is 0 Å². The lowest BCUT2D eigenvalue weighted by atomic mass is 10.4. The highest BCUT2D eigenvalue weighted by molar-refractivity contribution is 5.43. The number of pyridine rings is 1. The number of halogens is 1. The van der Waals surface area contributed by atoms with E-state index in [0.717, 1.165) is 12.3 Å². The van der Waals surface area contributed by atoms with Crippen molar-refractivity contribution in [2.45, 2.75) is 0 Å². The Balaban J connectivity index is 3.17. The number of aromatic hydroxyl groups is 1. The Morgan fingerprint density at radius 1 is 1.67 bits per heavy atom. The fourth-order valence-electron chi connectivity index (χ4n) is 0.439. The van der Waals surface area contributed by atoms with E-state index in [2.05, 4.69) is 4.98 Å². The van der Waals surface area contributed by atoms with Crippen molar-refractivity contribution in [3.63, 3.8) is 0 Å². The molecule has 1 rings (SSSR count). The second kappa shape index (κ2) is 1.89. The summed E-state index contributed by atoms with van der Waals surface area (Å²) in [5.74, 6) is -0.979. The van der Waals surface area contributed by atoms with Crippen LogP contribution in [0.3, 0.4) is 0 Å². The largest absolute Gasteiger partial charge is 0.504 e. The Morgan fingerprint density at radius 2 is 2.33 bits per heavy atom. The molecule has 0 spiro atoms. The van der Waals surface area contributed by atoms with Gasteiger partial charge in [-0.25, -0.2) is 9.37 Å². The van der Waals surface area contributed by atoms with Gasteiger partial charge in [0.05, 0.1) is 6.20 Å². The molecule has 9 heavy (non-hydrogen) atoms. The molecule has 0 aromatic carbocycles. The minimum Gasteiger partial charge on any atom is -0.504 e. The quantitative estimate of drug-likeness (QED) is 0.535. The third-order valence-corrected chi connectivity index (χ3v) is 0.864. The second-order valence-corrected chi connectivity index (χ2v) is 1.56. The molecule has 0 atom stereocenters. The maximum Gasteiger partial charge on any atom is 0.166 e. The van der Waals surface area contributed by atoms with Crippen LogP contribution in [-0.2, 0) is 0 Å². The van der Waals surface area contributed by atoms with Gasteiger partial charge in [0.25, 0.3) is 0 Å². The average molecular weight is 128 g/mol. The molecule has 3 nitrogen and oxygen atoms in total. The van der Waals surface area contributed by atoms with E-state index in [-0.39, 0.29) is 11.6 Å². The number of anilines is 1. The summed E-state index contributed by atoms with van der Waals surface area (Å²) in [7, 11) is 0. The van der Waals surface area contributed by atoms with Gasteiger partial charge in [-0.1, -0.05) is 0 Å². The van der Waals surface area contributed by atoms with Gasteiger partial charge in [0.1, 0.15) is 5.82 Å². The van der Waals surface area contributed by atoms with Crippen LogP contribution in [0.5, 0.6) is 5.75 Å². The lowest BCUT2D eigenvalue weighted by molar-refractivity contribution is 0.468. The summed E-state index contributed by atoms with van der Waals surface area (Å²) >= 11 is 0. The molecule has 0 amide bonds. The first-order chi connectivity index (χ1) is 4.20. The lowest BCUT2D eigenvalue weighted by Gasteiger charge is -1.93. The summed E-state index contributed by atoms with van der Waals surface area (Å²) in [6, 6.07) is 0.905. The van der Waals surface area contributed by atoms with Crippen LogP contribution in [0.1, 0.15) is 0 Å². The van der Waals surface area contributed by atoms with Gasteiger partial charge in [-0.2, -0.15) is 0 Å². The van der Waals surface area contributed by atoms with Crippen LogP contribution in [0.25, 0.3) is 0 Å². The number of aromatic nitrogens is 1. The number of nitrogens with zero attached hydrogens (tertiary/aromatic N) is 1. The van der Waals surface area contributed by atoms with E-state index in [1.54, 1.807) is 0 Å². The summed E-state index contributed by atoms with van der Waals surface area (Å²) in [6.45, 7) is 0. The normalized spacial score (nSPS) is 9.44. The van der Waals surface area contributed by atoms with Gasteiger partial charge in [0.15, 0.2) is 11.6 Å². The summed E-state index contributed by atoms with van der Waals surface area (Å²) in [4.78, 5) is 3.33. The summed E-state index contributed by atoms with van der Waals surface area (Å²) < 4.78 is 12.1. The molecular formula is C5H5FN2O. The van der Waals surface area contributed by atoms with Crippen LogP contribution >= 0.6 is 0 Å². The lowest BCUT2D eigenvalue weighted by Crippen LogP contribution is -1.90. The van der Waals surface area contributed by atoms with E-state index in [1.807, 2.05) is 0 Å². The second-order valence-electron chi connectivity index (χ2n) is 1.56. The van der Waals surface area contributed by atoms with Crippen molar-refractivity contribution in [1.29, 1.82) is 0 Å². The van der Waals surface area contributed by atoms with Crippen LogP contribution in [0.2, 0.25) is 0 Å². The summed E-state index contributed by atoms with van der Waals surface area (Å²) in [5, 5.41) is 8.67. The van der Waals surface area contributed by atoms with Crippen LogP contribution < -0.4 is 5.73 Å². The molecule has 48 valence electrons. The molecule has 1 aromatic heterocycles. The predicted octanol–water partition coefficient (Wildman–Crippen LogP) is 0.508. The molecule has 1 heterocycles. The highest BCUT2D eigenvalue weighted by atomic mass is 19.1. The number of hydrogen-bond donors (Lipinski definition) is 2. The van der Waals surface area contributed by atoms with Crippen molar-refractivity contribution in [2.24, 2.45) is 0 Å². The van der Waals surface area contributed by atoms with E-state index < -0.39 is 5.82 Å². The molecule has 0 unspecified atom stereocenters. The summed E-state index contributed by atoms with van der Waals surface area (Å²) in [5.41, 5.74) is 5.06. The van der Waals surface area contributed by atoms with Crippen molar-refractivity contribution in [1.82, 2.24) is 4.98 Å². The smallest absolute Gasteiger partial charge is 0.166 e. The molecule has 0 bridgehead atoms. The Kier molecular flexibility index (Phi) is 1.22. The topological polar surface area (TPSA) is 59.1 Å². The van der Waals surface area contributed by atoms with E-state index in [1.165, 1.54) is 0 Å². The van der Waals surface area contributed by atoms with E-state index in [4.69, 9.17) is 10.8 Å². The van der Waals surface area contributed by atoms with Gasteiger partial charge < -0.3 is 10.8 Å². The highest BCUT2D eigenvalue weighted by Gasteiger charge is 1.97. The van der Waals surface area contributed by atoms with Crippen LogP contribution in [0, 0.1) is 5.82 Å². The van der Waals surface area contributed by atoms with Gasteiger partial charge in [-0.3, -0.25) is 0 Å². The number of nitrogen functional groups attached to an aromatic ring is 1. The first-order valence-corrected chi connectivity index (χ1v) is 2.30. The molecule has 0 saturated carbocycles. The van der Waals surface area contributed by atoms with Crippen molar-refractivity contribution >= 4 is 5.82 Å². The minimum absolute atomic E-state index is 0.0589.